The molecule has 0 fully saturated rings. The van der Waals surface area contributed by atoms with Crippen LogP contribution in [0.5, 0.6) is 0 Å². The standard InChI is InChI=1S/C3H8O.Nb.Pr/c1-2-3-4;;/h4H,2-3H2,1H3;;. The minimum atomic E-state index is 0. The molecule has 0 aromatic rings. The number of aliphatic hydroxyl groups is 1. The van der Waals surface area contributed by atoms with Gasteiger partial charge in [0.2, 0.25) is 0 Å². The maximum atomic E-state index is 7.88. The second-order valence-corrected chi connectivity index (χ2v) is 0.724. The summed E-state index contributed by atoms with van der Waals surface area (Å²) in [4.78, 5) is 0. The van der Waals surface area contributed by atoms with Gasteiger partial charge in [0.05, 0.1) is 0 Å². The topological polar surface area (TPSA) is 20.2 Å². The molecule has 0 saturated heterocycles. The van der Waals surface area contributed by atoms with Gasteiger partial charge < -0.3 is 5.11 Å². The van der Waals surface area contributed by atoms with E-state index in [1.807, 2.05) is 6.92 Å². The Morgan fingerprint density at radius 1 is 1.50 bits per heavy atom. The van der Waals surface area contributed by atoms with Crippen LogP contribution in [0.3, 0.4) is 0 Å². The molecule has 0 atom stereocenters. The van der Waals surface area contributed by atoms with Gasteiger partial charge in [0, 0.05) is 70.3 Å². The first-order chi connectivity index (χ1) is 1.91. The van der Waals surface area contributed by atoms with Crippen molar-refractivity contribution in [3.8, 4) is 0 Å². The molecule has 0 aliphatic rings. The van der Waals surface area contributed by atoms with Crippen LogP contribution in [-0.2, 0) is 22.4 Å². The maximum absolute atomic E-state index is 7.88. The molecule has 3 heteroatoms. The average Bonchev–Trinajstić information content (AvgIpc) is 1.37. The first-order valence-electron chi connectivity index (χ1n) is 1.52. The van der Waals surface area contributed by atoms with E-state index >= 15 is 0 Å². The Balaban J connectivity index is -0.0000000450. The molecular weight excluding hydrogens is 286 g/mol. The summed E-state index contributed by atoms with van der Waals surface area (Å²) in [5, 5.41) is 7.88. The Bertz CT molecular complexity index is 12.8. The molecule has 34 valence electrons. The molecule has 0 amide bonds. The van der Waals surface area contributed by atoms with Crippen molar-refractivity contribution in [3.05, 3.63) is 0 Å². The summed E-state index contributed by atoms with van der Waals surface area (Å²) in [6.07, 6.45) is 0.875. The van der Waals surface area contributed by atoms with Gasteiger partial charge in [-0.2, -0.15) is 0 Å². The quantitative estimate of drug-likeness (QED) is 0.694. The fourth-order valence-corrected chi connectivity index (χ4v) is 0. The third kappa shape index (κ3) is 16.6. The predicted molar refractivity (Wildman–Crippen MR) is 17.4 cm³/mol. The Morgan fingerprint density at radius 3 is 1.67 bits per heavy atom. The van der Waals surface area contributed by atoms with E-state index in [4.69, 9.17) is 5.11 Å². The van der Waals surface area contributed by atoms with Crippen LogP contribution < -0.4 is 0 Å². The van der Waals surface area contributed by atoms with Gasteiger partial charge in [-0.15, -0.1) is 0 Å². The van der Waals surface area contributed by atoms with Crippen LogP contribution in [0, 0.1) is 41.3 Å². The van der Waals surface area contributed by atoms with Crippen LogP contribution in [0.4, 0.5) is 0 Å². The number of hydrogen-bond acceptors (Lipinski definition) is 1. The second-order valence-electron chi connectivity index (χ2n) is 0.724. The van der Waals surface area contributed by atoms with Crippen molar-refractivity contribution in [2.24, 2.45) is 0 Å². The first-order valence-corrected chi connectivity index (χ1v) is 1.52. The van der Waals surface area contributed by atoms with E-state index in [1.54, 1.807) is 0 Å². The Kier molecular flexibility index (Phi) is 41.1. The predicted octanol–water partition coefficient (Wildman–Crippen LogP) is 0.386. The smallest absolute Gasteiger partial charge is 0.0428 e. The number of aliphatic hydroxyl groups excluding tert-OH is 1. The molecule has 0 bridgehead atoms. The molecule has 1 nitrogen and oxygen atoms in total. The van der Waals surface area contributed by atoms with Crippen molar-refractivity contribution in [3.63, 3.8) is 0 Å². The Morgan fingerprint density at radius 2 is 1.67 bits per heavy atom. The first kappa shape index (κ1) is 15.7. The summed E-state index contributed by atoms with van der Waals surface area (Å²) in [6.45, 7) is 2.25. The van der Waals surface area contributed by atoms with Gasteiger partial charge in [-0.05, 0) is 6.42 Å². The zero-order valence-corrected chi connectivity index (χ0v) is 9.79. The molecule has 0 rings (SSSR count). The van der Waals surface area contributed by atoms with Crippen LogP contribution in [0.1, 0.15) is 13.3 Å². The monoisotopic (exact) mass is 294 g/mol. The molecule has 0 heterocycles. The van der Waals surface area contributed by atoms with Gasteiger partial charge in [-0.25, -0.2) is 0 Å². The molecule has 0 saturated carbocycles. The van der Waals surface area contributed by atoms with Crippen molar-refractivity contribution in [1.82, 2.24) is 0 Å². The fourth-order valence-electron chi connectivity index (χ4n) is 0. The number of rotatable bonds is 1. The molecule has 0 aliphatic heterocycles. The third-order valence-corrected chi connectivity index (χ3v) is 0.224. The molecule has 6 heavy (non-hydrogen) atoms. The van der Waals surface area contributed by atoms with Crippen molar-refractivity contribution < 1.29 is 68.8 Å². The van der Waals surface area contributed by atoms with Gasteiger partial charge >= 0.3 is 0 Å². The van der Waals surface area contributed by atoms with Crippen molar-refractivity contribution in [1.29, 1.82) is 0 Å². The third-order valence-electron chi connectivity index (χ3n) is 0.224. The summed E-state index contributed by atoms with van der Waals surface area (Å²) in [7, 11) is 0. The SMILES string of the molecule is CCCO.[Nb].[Pr]. The van der Waals surface area contributed by atoms with Gasteiger partial charge in [0.25, 0.3) is 0 Å². The van der Waals surface area contributed by atoms with E-state index in [-0.39, 0.29) is 63.7 Å². The largest absolute Gasteiger partial charge is 0.396 e. The van der Waals surface area contributed by atoms with E-state index in [0.29, 0.717) is 6.61 Å². The van der Waals surface area contributed by atoms with E-state index in [9.17, 15) is 0 Å². The van der Waals surface area contributed by atoms with Gasteiger partial charge in [-0.1, -0.05) is 6.92 Å². The fraction of sp³-hybridized carbons (Fsp3) is 1.00. The molecule has 0 aliphatic carbocycles. The van der Waals surface area contributed by atoms with Crippen LogP contribution in [0.2, 0.25) is 0 Å². The summed E-state index contributed by atoms with van der Waals surface area (Å²) < 4.78 is 0. The maximum Gasteiger partial charge on any atom is 0.0428 e. The van der Waals surface area contributed by atoms with E-state index in [2.05, 4.69) is 0 Å². The van der Waals surface area contributed by atoms with E-state index in [1.165, 1.54) is 0 Å². The molecule has 0 aromatic carbocycles. The van der Waals surface area contributed by atoms with Crippen molar-refractivity contribution in [2.75, 3.05) is 6.61 Å². The minimum Gasteiger partial charge on any atom is -0.396 e. The normalized spacial score (nSPS) is 5.00. The molecule has 2 radical (unpaired) electrons. The van der Waals surface area contributed by atoms with Gasteiger partial charge in [0.1, 0.15) is 0 Å². The molecule has 1 N–H and O–H groups in total. The van der Waals surface area contributed by atoms with Gasteiger partial charge in [-0.3, -0.25) is 0 Å². The Labute approximate surface area is 87.4 Å². The zero-order valence-electron chi connectivity index (χ0n) is 3.89. The van der Waals surface area contributed by atoms with Crippen LogP contribution in [0.15, 0.2) is 0 Å². The summed E-state index contributed by atoms with van der Waals surface area (Å²) in [5.74, 6) is 0. The zero-order chi connectivity index (χ0) is 3.41. The van der Waals surface area contributed by atoms with E-state index in [0.717, 1.165) is 6.42 Å². The summed E-state index contributed by atoms with van der Waals surface area (Å²) >= 11 is 0. The van der Waals surface area contributed by atoms with Crippen molar-refractivity contribution >= 4 is 0 Å². The Hall–Kier alpha value is 2.06. The van der Waals surface area contributed by atoms with Crippen LogP contribution in [0.25, 0.3) is 0 Å². The summed E-state index contributed by atoms with van der Waals surface area (Å²) in [6, 6.07) is 0. The minimum absolute atomic E-state index is 0. The summed E-state index contributed by atoms with van der Waals surface area (Å²) in [5.41, 5.74) is 0. The second kappa shape index (κ2) is 15.7. The van der Waals surface area contributed by atoms with Crippen LogP contribution >= 0.6 is 0 Å². The molecule has 0 spiro atoms. The molecule has 0 aromatic heterocycles. The van der Waals surface area contributed by atoms with Gasteiger partial charge in [0.15, 0.2) is 0 Å². The molecule has 0 unspecified atom stereocenters. The van der Waals surface area contributed by atoms with Crippen molar-refractivity contribution in [2.45, 2.75) is 13.3 Å². The average molecular weight is 294 g/mol. The van der Waals surface area contributed by atoms with E-state index < -0.39 is 0 Å². The molecular formula is C3H8NbOPr. The van der Waals surface area contributed by atoms with Crippen LogP contribution in [-0.4, -0.2) is 11.7 Å². The number of hydrogen-bond donors (Lipinski definition) is 1.